The maximum absolute atomic E-state index is 12.9. The Morgan fingerprint density at radius 3 is 2.16 bits per heavy atom. The Kier molecular flexibility index (Phi) is 7.40. The zero-order chi connectivity index (χ0) is 22.2. The Hall–Kier alpha value is -3.64. The first-order valence-corrected chi connectivity index (χ1v) is 9.93. The molecule has 1 N–H and O–H groups in total. The van der Waals surface area contributed by atoms with E-state index in [1.54, 1.807) is 49.5 Å². The van der Waals surface area contributed by atoms with Crippen LogP contribution in [0.25, 0.3) is 0 Å². The van der Waals surface area contributed by atoms with Crippen molar-refractivity contribution in [2.75, 3.05) is 19.0 Å². The van der Waals surface area contributed by atoms with Crippen molar-refractivity contribution < 1.29 is 19.1 Å². The van der Waals surface area contributed by atoms with E-state index >= 15 is 0 Å². The number of hydrogen-bond acceptors (Lipinski definition) is 4. The molecular weight excluding hydrogens is 416 g/mol. The summed E-state index contributed by atoms with van der Waals surface area (Å²) >= 11 is 5.81. The summed E-state index contributed by atoms with van der Waals surface area (Å²) in [5.41, 5.74) is 1.82. The summed E-state index contributed by atoms with van der Waals surface area (Å²) in [6.07, 6.45) is 0. The Bertz CT molecular complexity index is 1070. The molecule has 0 aliphatic carbocycles. The second-order valence-corrected chi connectivity index (χ2v) is 7.26. The van der Waals surface area contributed by atoms with Crippen LogP contribution in [0.3, 0.4) is 0 Å². The van der Waals surface area contributed by atoms with Gasteiger partial charge in [-0.1, -0.05) is 54.1 Å². The molecule has 0 radical (unpaired) electrons. The van der Waals surface area contributed by atoms with Crippen LogP contribution in [0.2, 0.25) is 5.02 Å². The molecule has 0 aromatic heterocycles. The van der Waals surface area contributed by atoms with Crippen molar-refractivity contribution in [1.82, 2.24) is 4.90 Å². The van der Waals surface area contributed by atoms with Gasteiger partial charge in [0.05, 0.1) is 11.1 Å². The minimum atomic E-state index is -0.747. The van der Waals surface area contributed by atoms with Gasteiger partial charge >= 0.3 is 5.97 Å². The van der Waals surface area contributed by atoms with Crippen molar-refractivity contribution in [3.63, 3.8) is 0 Å². The molecule has 158 valence electrons. The van der Waals surface area contributed by atoms with E-state index < -0.39 is 18.5 Å². The molecule has 3 aromatic rings. The molecular formula is C24H21ClN2O4. The molecule has 0 aliphatic rings. The fourth-order valence-electron chi connectivity index (χ4n) is 2.92. The van der Waals surface area contributed by atoms with E-state index in [1.807, 2.05) is 30.3 Å². The molecule has 0 unspecified atom stereocenters. The van der Waals surface area contributed by atoms with E-state index in [9.17, 15) is 14.4 Å². The molecule has 0 saturated heterocycles. The van der Waals surface area contributed by atoms with E-state index in [0.717, 1.165) is 5.56 Å². The van der Waals surface area contributed by atoms with Gasteiger partial charge in [-0.25, -0.2) is 4.79 Å². The van der Waals surface area contributed by atoms with Crippen LogP contribution in [0.15, 0.2) is 78.9 Å². The first-order valence-electron chi connectivity index (χ1n) is 9.55. The number of carbonyl (C=O) groups is 3. The molecule has 0 heterocycles. The molecule has 2 amide bonds. The highest BCUT2D eigenvalue weighted by Crippen LogP contribution is 2.16. The number of anilines is 1. The quantitative estimate of drug-likeness (QED) is 0.557. The maximum Gasteiger partial charge on any atom is 0.339 e. The van der Waals surface area contributed by atoms with E-state index in [-0.39, 0.29) is 17.0 Å². The number of ether oxygens (including phenoxy) is 1. The summed E-state index contributed by atoms with van der Waals surface area (Å²) in [5.74, 6) is -1.56. The second-order valence-electron chi connectivity index (χ2n) is 6.82. The molecule has 0 fully saturated rings. The summed E-state index contributed by atoms with van der Waals surface area (Å²) < 4.78 is 5.13. The number of rotatable bonds is 7. The van der Waals surface area contributed by atoms with Crippen LogP contribution in [-0.4, -0.2) is 36.3 Å². The van der Waals surface area contributed by atoms with Crippen molar-refractivity contribution in [1.29, 1.82) is 0 Å². The molecule has 3 aromatic carbocycles. The van der Waals surface area contributed by atoms with Crippen LogP contribution in [0.4, 0.5) is 5.69 Å². The van der Waals surface area contributed by atoms with Gasteiger partial charge in [0.2, 0.25) is 0 Å². The van der Waals surface area contributed by atoms with Crippen LogP contribution in [0, 0.1) is 0 Å². The fourth-order valence-corrected chi connectivity index (χ4v) is 3.05. The normalized spacial score (nSPS) is 10.3. The van der Waals surface area contributed by atoms with Gasteiger partial charge in [-0.15, -0.1) is 0 Å². The van der Waals surface area contributed by atoms with Crippen molar-refractivity contribution in [3.05, 3.63) is 101 Å². The van der Waals surface area contributed by atoms with Crippen molar-refractivity contribution in [2.45, 2.75) is 6.54 Å². The molecule has 0 aliphatic heterocycles. The van der Waals surface area contributed by atoms with E-state index in [2.05, 4.69) is 5.32 Å². The molecule has 0 atom stereocenters. The number of carbonyl (C=O) groups excluding carboxylic acids is 3. The first-order chi connectivity index (χ1) is 14.9. The molecule has 3 rings (SSSR count). The van der Waals surface area contributed by atoms with Gasteiger partial charge in [-0.05, 0) is 42.0 Å². The predicted octanol–water partition coefficient (Wildman–Crippen LogP) is 4.41. The van der Waals surface area contributed by atoms with Crippen LogP contribution in [0.5, 0.6) is 0 Å². The predicted molar refractivity (Wildman–Crippen MR) is 119 cm³/mol. The minimum Gasteiger partial charge on any atom is -0.452 e. The number of amides is 2. The lowest BCUT2D eigenvalue weighted by atomic mass is 10.1. The zero-order valence-corrected chi connectivity index (χ0v) is 17.6. The molecule has 31 heavy (non-hydrogen) atoms. The molecule has 6 nitrogen and oxygen atoms in total. The average molecular weight is 437 g/mol. The number of nitrogens with one attached hydrogen (secondary N) is 1. The van der Waals surface area contributed by atoms with Crippen LogP contribution in [-0.2, 0) is 16.1 Å². The first kappa shape index (κ1) is 22.1. The third-order valence-electron chi connectivity index (χ3n) is 4.45. The highest BCUT2D eigenvalue weighted by atomic mass is 35.5. The van der Waals surface area contributed by atoms with E-state index in [4.69, 9.17) is 16.3 Å². The lowest BCUT2D eigenvalue weighted by Gasteiger charge is -2.19. The average Bonchev–Trinajstić information content (AvgIpc) is 2.79. The van der Waals surface area contributed by atoms with Crippen LogP contribution in [0.1, 0.15) is 26.3 Å². The number of esters is 1. The Morgan fingerprint density at radius 1 is 0.871 bits per heavy atom. The molecule has 0 bridgehead atoms. The van der Waals surface area contributed by atoms with E-state index in [0.29, 0.717) is 17.3 Å². The molecule has 7 heteroatoms. The second kappa shape index (κ2) is 10.4. The minimum absolute atomic E-state index is 0.103. The lowest BCUT2D eigenvalue weighted by molar-refractivity contribution is -0.119. The van der Waals surface area contributed by atoms with Gasteiger partial charge in [0, 0.05) is 24.3 Å². The maximum atomic E-state index is 12.9. The number of nitrogens with zero attached hydrogens (tertiary/aromatic N) is 1. The van der Waals surface area contributed by atoms with Gasteiger partial charge in [0.15, 0.2) is 6.61 Å². The highest BCUT2D eigenvalue weighted by Gasteiger charge is 2.21. The van der Waals surface area contributed by atoms with Gasteiger partial charge in [-0.2, -0.15) is 0 Å². The summed E-state index contributed by atoms with van der Waals surface area (Å²) in [6.45, 7) is -0.0869. The third kappa shape index (κ3) is 6.17. The summed E-state index contributed by atoms with van der Waals surface area (Å²) in [5, 5.41) is 3.15. The van der Waals surface area contributed by atoms with Gasteiger partial charge in [-0.3, -0.25) is 9.59 Å². The summed E-state index contributed by atoms with van der Waals surface area (Å²) in [6, 6.07) is 22.5. The Balaban J connectivity index is 1.63. The molecule has 0 spiro atoms. The van der Waals surface area contributed by atoms with Gasteiger partial charge < -0.3 is 15.0 Å². The van der Waals surface area contributed by atoms with E-state index in [1.165, 1.54) is 11.0 Å². The third-order valence-corrected chi connectivity index (χ3v) is 4.70. The Morgan fingerprint density at radius 2 is 1.48 bits per heavy atom. The number of benzene rings is 3. The summed E-state index contributed by atoms with van der Waals surface area (Å²) in [4.78, 5) is 39.1. The van der Waals surface area contributed by atoms with Crippen molar-refractivity contribution >= 4 is 35.1 Å². The standard InChI is InChI=1S/C24H21ClN2O4/c1-27(15-17-7-3-2-4-8-17)23(29)20-9-5-6-10-21(20)24(30)31-16-22(28)26-19-13-11-18(25)12-14-19/h2-14H,15-16H2,1H3,(H,26,28). The van der Waals surface area contributed by atoms with Crippen molar-refractivity contribution in [3.8, 4) is 0 Å². The fraction of sp³-hybridized carbons (Fsp3) is 0.125. The topological polar surface area (TPSA) is 75.7 Å². The van der Waals surface area contributed by atoms with Crippen LogP contribution < -0.4 is 5.32 Å². The molecule has 0 saturated carbocycles. The number of hydrogen-bond donors (Lipinski definition) is 1. The van der Waals surface area contributed by atoms with Crippen molar-refractivity contribution in [2.24, 2.45) is 0 Å². The van der Waals surface area contributed by atoms with Crippen LogP contribution >= 0.6 is 11.6 Å². The zero-order valence-electron chi connectivity index (χ0n) is 16.9. The highest BCUT2D eigenvalue weighted by molar-refractivity contribution is 6.30. The Labute approximate surface area is 185 Å². The summed E-state index contributed by atoms with van der Waals surface area (Å²) in [7, 11) is 1.66. The van der Waals surface area contributed by atoms with Gasteiger partial charge in [0.25, 0.3) is 11.8 Å². The van der Waals surface area contributed by atoms with Gasteiger partial charge in [0.1, 0.15) is 0 Å². The lowest BCUT2D eigenvalue weighted by Crippen LogP contribution is -2.28. The monoisotopic (exact) mass is 436 g/mol. The largest absolute Gasteiger partial charge is 0.452 e. The number of halogens is 1. The SMILES string of the molecule is CN(Cc1ccccc1)C(=O)c1ccccc1C(=O)OCC(=O)Nc1ccc(Cl)cc1. The smallest absolute Gasteiger partial charge is 0.339 e.